The van der Waals surface area contributed by atoms with E-state index in [-0.39, 0.29) is 5.75 Å². The third-order valence-corrected chi connectivity index (χ3v) is 4.60. The summed E-state index contributed by atoms with van der Waals surface area (Å²) in [6.07, 6.45) is 2.13. The number of sulfonamides is 1. The largest absolute Gasteiger partial charge is 0.347 e. The number of rotatable bonds is 6. The van der Waals surface area contributed by atoms with Crippen LogP contribution in [0.25, 0.3) is 0 Å². The number of imidazole rings is 1. The molecule has 0 saturated carbocycles. The van der Waals surface area contributed by atoms with Crippen molar-refractivity contribution in [1.29, 1.82) is 0 Å². The number of nitrogens with zero attached hydrogens (tertiary/aromatic N) is 1. The number of aromatic amines is 1. The summed E-state index contributed by atoms with van der Waals surface area (Å²) in [4.78, 5) is 6.93. The van der Waals surface area contributed by atoms with E-state index >= 15 is 0 Å². The van der Waals surface area contributed by atoms with Gasteiger partial charge in [0.2, 0.25) is 10.0 Å². The van der Waals surface area contributed by atoms with E-state index in [0.29, 0.717) is 13.0 Å². The molecule has 2 N–H and O–H groups in total. The van der Waals surface area contributed by atoms with E-state index in [0.717, 1.165) is 15.9 Å². The Bertz CT molecular complexity index is 625. The van der Waals surface area contributed by atoms with E-state index in [1.165, 1.54) is 0 Å². The molecule has 19 heavy (non-hydrogen) atoms. The number of nitrogens with one attached hydrogen (secondary N) is 2. The van der Waals surface area contributed by atoms with Gasteiger partial charge in [0.05, 0.1) is 17.8 Å². The molecule has 1 heterocycles. The van der Waals surface area contributed by atoms with E-state index in [4.69, 9.17) is 0 Å². The fourth-order valence-electron chi connectivity index (χ4n) is 1.66. The summed E-state index contributed by atoms with van der Waals surface area (Å²) < 4.78 is 27.0. The van der Waals surface area contributed by atoms with Gasteiger partial charge in [0, 0.05) is 13.0 Å². The van der Waals surface area contributed by atoms with Crippen LogP contribution in [0.2, 0.25) is 0 Å². The van der Waals surface area contributed by atoms with Crippen molar-refractivity contribution in [3.05, 3.63) is 52.5 Å². The van der Waals surface area contributed by atoms with Gasteiger partial charge in [0.1, 0.15) is 4.60 Å². The number of hydrogen-bond donors (Lipinski definition) is 2. The lowest BCUT2D eigenvalue weighted by molar-refractivity contribution is 0.580. The van der Waals surface area contributed by atoms with Crippen LogP contribution in [0.5, 0.6) is 0 Å². The van der Waals surface area contributed by atoms with E-state index in [9.17, 15) is 8.42 Å². The van der Waals surface area contributed by atoms with Gasteiger partial charge in [-0.2, -0.15) is 0 Å². The van der Waals surface area contributed by atoms with Crippen LogP contribution in [-0.2, 0) is 22.2 Å². The molecule has 0 atom stereocenters. The van der Waals surface area contributed by atoms with Crippen molar-refractivity contribution < 1.29 is 8.42 Å². The number of halogens is 1. The van der Waals surface area contributed by atoms with Gasteiger partial charge in [-0.15, -0.1) is 0 Å². The molecule has 5 nitrogen and oxygen atoms in total. The molecule has 0 bridgehead atoms. The van der Waals surface area contributed by atoms with E-state index in [1.807, 2.05) is 18.2 Å². The maximum absolute atomic E-state index is 11.9. The third kappa shape index (κ3) is 4.45. The zero-order valence-electron chi connectivity index (χ0n) is 10.1. The Kier molecular flexibility index (Phi) is 4.73. The molecule has 1 aromatic heterocycles. The van der Waals surface area contributed by atoms with Crippen molar-refractivity contribution in [2.45, 2.75) is 12.2 Å². The molecule has 102 valence electrons. The summed E-state index contributed by atoms with van der Waals surface area (Å²) in [6, 6.07) is 9.11. The van der Waals surface area contributed by atoms with Gasteiger partial charge in [0.15, 0.2) is 0 Å². The Balaban J connectivity index is 1.86. The molecule has 2 rings (SSSR count). The van der Waals surface area contributed by atoms with Crippen molar-refractivity contribution in [3.63, 3.8) is 0 Å². The molecule has 0 fully saturated rings. The highest BCUT2D eigenvalue weighted by atomic mass is 79.9. The van der Waals surface area contributed by atoms with Crippen LogP contribution in [0.1, 0.15) is 11.3 Å². The molecule has 0 aliphatic heterocycles. The zero-order valence-corrected chi connectivity index (χ0v) is 12.5. The number of benzene rings is 1. The molecule has 0 aliphatic rings. The van der Waals surface area contributed by atoms with E-state index < -0.39 is 10.0 Å². The maximum atomic E-state index is 11.9. The SMILES string of the molecule is O=S(=O)(Cc1ccccc1)NCCc1[nH]cnc1Br. The second-order valence-electron chi connectivity index (χ2n) is 4.06. The van der Waals surface area contributed by atoms with Crippen LogP contribution < -0.4 is 4.72 Å². The van der Waals surface area contributed by atoms with E-state index in [1.54, 1.807) is 18.5 Å². The standard InChI is InChI=1S/C12H14BrN3O2S/c13-12-11(14-9-15-12)6-7-16-19(17,18)8-10-4-2-1-3-5-10/h1-5,9,16H,6-8H2,(H,14,15). The van der Waals surface area contributed by atoms with Gasteiger partial charge >= 0.3 is 0 Å². The second-order valence-corrected chi connectivity index (χ2v) is 6.62. The molecule has 0 saturated heterocycles. The molecule has 1 aromatic carbocycles. The quantitative estimate of drug-likeness (QED) is 0.840. The van der Waals surface area contributed by atoms with Gasteiger partial charge in [-0.1, -0.05) is 30.3 Å². The lowest BCUT2D eigenvalue weighted by Crippen LogP contribution is -2.27. The van der Waals surface area contributed by atoms with Crippen LogP contribution in [0, 0.1) is 0 Å². The van der Waals surface area contributed by atoms with Gasteiger partial charge in [-0.25, -0.2) is 18.1 Å². The first kappa shape index (κ1) is 14.2. The Morgan fingerprint density at radius 3 is 2.63 bits per heavy atom. The first-order chi connectivity index (χ1) is 9.07. The van der Waals surface area contributed by atoms with Crippen molar-refractivity contribution in [3.8, 4) is 0 Å². The van der Waals surface area contributed by atoms with Crippen molar-refractivity contribution in [2.75, 3.05) is 6.54 Å². The van der Waals surface area contributed by atoms with Crippen molar-refractivity contribution >= 4 is 26.0 Å². The van der Waals surface area contributed by atoms with Crippen LogP contribution >= 0.6 is 15.9 Å². The Morgan fingerprint density at radius 2 is 2.00 bits per heavy atom. The molecule has 7 heteroatoms. The highest BCUT2D eigenvalue weighted by Gasteiger charge is 2.11. The highest BCUT2D eigenvalue weighted by Crippen LogP contribution is 2.11. The Labute approximate surface area is 120 Å². The average Bonchev–Trinajstić information content (AvgIpc) is 2.76. The van der Waals surface area contributed by atoms with Gasteiger partial charge < -0.3 is 4.98 Å². The summed E-state index contributed by atoms with van der Waals surface area (Å²) in [7, 11) is -3.30. The number of hydrogen-bond acceptors (Lipinski definition) is 3. The minimum Gasteiger partial charge on any atom is -0.347 e. The van der Waals surface area contributed by atoms with E-state index in [2.05, 4.69) is 30.6 Å². The molecular weight excluding hydrogens is 330 g/mol. The molecule has 0 unspecified atom stereocenters. The van der Waals surface area contributed by atoms with Crippen LogP contribution in [-0.4, -0.2) is 24.9 Å². The minimum absolute atomic E-state index is 0.00200. The van der Waals surface area contributed by atoms with Gasteiger partial charge in [-0.05, 0) is 21.5 Å². The third-order valence-electron chi connectivity index (χ3n) is 2.56. The fourth-order valence-corrected chi connectivity index (χ4v) is 3.22. The highest BCUT2D eigenvalue weighted by molar-refractivity contribution is 9.10. The lowest BCUT2D eigenvalue weighted by Gasteiger charge is -2.06. The number of H-pyrrole nitrogens is 1. The van der Waals surface area contributed by atoms with Crippen LogP contribution in [0.15, 0.2) is 41.3 Å². The smallest absolute Gasteiger partial charge is 0.215 e. The van der Waals surface area contributed by atoms with Gasteiger partial charge in [-0.3, -0.25) is 0 Å². The maximum Gasteiger partial charge on any atom is 0.215 e. The first-order valence-corrected chi connectivity index (χ1v) is 8.20. The predicted molar refractivity (Wildman–Crippen MR) is 77.1 cm³/mol. The monoisotopic (exact) mass is 343 g/mol. The zero-order chi connectivity index (χ0) is 13.7. The minimum atomic E-state index is -3.30. The molecule has 2 aromatic rings. The summed E-state index contributed by atoms with van der Waals surface area (Å²) in [5, 5.41) is 0. The van der Waals surface area contributed by atoms with Crippen molar-refractivity contribution in [2.24, 2.45) is 0 Å². The second kappa shape index (κ2) is 6.31. The summed E-state index contributed by atoms with van der Waals surface area (Å²) in [5.41, 5.74) is 1.65. The molecule has 0 amide bonds. The van der Waals surface area contributed by atoms with Crippen molar-refractivity contribution in [1.82, 2.24) is 14.7 Å². The van der Waals surface area contributed by atoms with Gasteiger partial charge in [0.25, 0.3) is 0 Å². The predicted octanol–water partition coefficient (Wildman–Crippen LogP) is 1.83. The van der Waals surface area contributed by atoms with Crippen LogP contribution in [0.4, 0.5) is 0 Å². The molecule has 0 aliphatic carbocycles. The van der Waals surface area contributed by atoms with Crippen LogP contribution in [0.3, 0.4) is 0 Å². The molecule has 0 radical (unpaired) electrons. The summed E-state index contributed by atoms with van der Waals surface area (Å²) in [5.74, 6) is -0.00200. The summed E-state index contributed by atoms with van der Waals surface area (Å²) in [6.45, 7) is 0.343. The normalized spacial score (nSPS) is 11.6. The average molecular weight is 344 g/mol. The topological polar surface area (TPSA) is 74.8 Å². The Hall–Kier alpha value is -1.18. The molecular formula is C12H14BrN3O2S. The number of aromatic nitrogens is 2. The lowest BCUT2D eigenvalue weighted by atomic mass is 10.2. The first-order valence-electron chi connectivity index (χ1n) is 5.76. The molecule has 0 spiro atoms. The Morgan fingerprint density at radius 1 is 1.26 bits per heavy atom. The summed E-state index contributed by atoms with van der Waals surface area (Å²) >= 11 is 3.28. The fraction of sp³-hybridized carbons (Fsp3) is 0.250.